The first-order valence-corrected chi connectivity index (χ1v) is 5.49. The van der Waals surface area contributed by atoms with Crippen LogP contribution in [0.4, 0.5) is 0 Å². The van der Waals surface area contributed by atoms with E-state index in [0.29, 0.717) is 12.8 Å². The maximum Gasteiger partial charge on any atom is 0.121 e. The summed E-state index contributed by atoms with van der Waals surface area (Å²) in [6, 6.07) is 5.65. The van der Waals surface area contributed by atoms with Gasteiger partial charge in [0, 0.05) is 6.61 Å². The first-order chi connectivity index (χ1) is 7.51. The molecule has 0 heterocycles. The molecule has 0 aliphatic heterocycles. The molecule has 1 aromatic carbocycles. The van der Waals surface area contributed by atoms with Crippen molar-refractivity contribution in [3.63, 3.8) is 0 Å². The first kappa shape index (κ1) is 13.0. The van der Waals surface area contributed by atoms with Crippen molar-refractivity contribution in [1.29, 1.82) is 0 Å². The molecule has 1 rings (SSSR count). The molecule has 0 aliphatic rings. The molecule has 16 heavy (non-hydrogen) atoms. The molecule has 0 saturated heterocycles. The van der Waals surface area contributed by atoms with E-state index in [0.717, 1.165) is 16.9 Å². The maximum absolute atomic E-state index is 10.3. The van der Waals surface area contributed by atoms with Gasteiger partial charge in [0.1, 0.15) is 5.75 Å². The molecule has 90 valence electrons. The first-order valence-electron chi connectivity index (χ1n) is 5.49. The molecule has 2 N–H and O–H groups in total. The van der Waals surface area contributed by atoms with Gasteiger partial charge in [-0.2, -0.15) is 0 Å². The standard InChI is InChI=1S/C13H20O3/c1-10-9-11(5-6-12(10)16-3)13(2,15)7-4-8-14/h5-6,9,14-15H,4,7-8H2,1-3H3. The van der Waals surface area contributed by atoms with Crippen LogP contribution in [-0.2, 0) is 5.60 Å². The van der Waals surface area contributed by atoms with E-state index < -0.39 is 5.60 Å². The topological polar surface area (TPSA) is 49.7 Å². The van der Waals surface area contributed by atoms with Gasteiger partial charge in [0.25, 0.3) is 0 Å². The van der Waals surface area contributed by atoms with Gasteiger partial charge in [-0.15, -0.1) is 0 Å². The maximum atomic E-state index is 10.3. The lowest BCUT2D eigenvalue weighted by molar-refractivity contribution is 0.0402. The van der Waals surface area contributed by atoms with E-state index in [4.69, 9.17) is 9.84 Å². The van der Waals surface area contributed by atoms with Gasteiger partial charge in [0.05, 0.1) is 12.7 Å². The normalized spacial score (nSPS) is 14.6. The number of ether oxygens (including phenoxy) is 1. The van der Waals surface area contributed by atoms with Crippen LogP contribution in [0.1, 0.15) is 30.9 Å². The van der Waals surface area contributed by atoms with Crippen molar-refractivity contribution in [1.82, 2.24) is 0 Å². The lowest BCUT2D eigenvalue weighted by Crippen LogP contribution is -2.21. The van der Waals surface area contributed by atoms with Gasteiger partial charge in [-0.3, -0.25) is 0 Å². The molecular formula is C13H20O3. The predicted molar refractivity (Wildman–Crippen MR) is 63.6 cm³/mol. The van der Waals surface area contributed by atoms with Crippen LogP contribution in [0.25, 0.3) is 0 Å². The molecule has 0 aromatic heterocycles. The minimum absolute atomic E-state index is 0.102. The third-order valence-corrected chi connectivity index (χ3v) is 2.84. The summed E-state index contributed by atoms with van der Waals surface area (Å²) >= 11 is 0. The highest BCUT2D eigenvalue weighted by atomic mass is 16.5. The number of benzene rings is 1. The third-order valence-electron chi connectivity index (χ3n) is 2.84. The molecule has 0 fully saturated rings. The molecule has 3 heteroatoms. The second-order valence-electron chi connectivity index (χ2n) is 4.29. The van der Waals surface area contributed by atoms with Gasteiger partial charge in [-0.05, 0) is 49.9 Å². The SMILES string of the molecule is COc1ccc(C(C)(O)CCCO)cc1C. The Morgan fingerprint density at radius 2 is 2.06 bits per heavy atom. The number of hydrogen-bond donors (Lipinski definition) is 2. The van der Waals surface area contributed by atoms with Crippen LogP contribution < -0.4 is 4.74 Å². The molecule has 0 radical (unpaired) electrons. The minimum atomic E-state index is -0.889. The predicted octanol–water partition coefficient (Wildman–Crippen LogP) is 1.98. The number of hydrogen-bond acceptors (Lipinski definition) is 3. The van der Waals surface area contributed by atoms with Crippen LogP contribution in [0, 0.1) is 6.92 Å². The Bertz CT molecular complexity index is 345. The van der Waals surface area contributed by atoms with Crippen molar-refractivity contribution in [2.45, 2.75) is 32.3 Å². The zero-order valence-electron chi connectivity index (χ0n) is 10.2. The van der Waals surface area contributed by atoms with E-state index in [-0.39, 0.29) is 6.61 Å². The van der Waals surface area contributed by atoms with Crippen molar-refractivity contribution in [3.05, 3.63) is 29.3 Å². The van der Waals surface area contributed by atoms with Crippen LogP contribution in [0.2, 0.25) is 0 Å². The summed E-state index contributed by atoms with van der Waals surface area (Å²) in [5.41, 5.74) is 0.975. The van der Waals surface area contributed by atoms with Gasteiger partial charge >= 0.3 is 0 Å². The van der Waals surface area contributed by atoms with Gasteiger partial charge in [0.2, 0.25) is 0 Å². The van der Waals surface area contributed by atoms with E-state index in [2.05, 4.69) is 0 Å². The number of rotatable bonds is 5. The second kappa shape index (κ2) is 5.32. The van der Waals surface area contributed by atoms with Gasteiger partial charge < -0.3 is 14.9 Å². The monoisotopic (exact) mass is 224 g/mol. The van der Waals surface area contributed by atoms with Crippen molar-refractivity contribution in [3.8, 4) is 5.75 Å². The summed E-state index contributed by atoms with van der Waals surface area (Å²) in [5, 5.41) is 19.0. The zero-order chi connectivity index (χ0) is 12.2. The quantitative estimate of drug-likeness (QED) is 0.804. The Labute approximate surface area is 96.7 Å². The van der Waals surface area contributed by atoms with E-state index in [1.54, 1.807) is 14.0 Å². The fourth-order valence-corrected chi connectivity index (χ4v) is 1.78. The lowest BCUT2D eigenvalue weighted by Gasteiger charge is -2.24. The average Bonchev–Trinajstić information content (AvgIpc) is 2.26. The fraction of sp³-hybridized carbons (Fsp3) is 0.538. The van der Waals surface area contributed by atoms with E-state index >= 15 is 0 Å². The Balaban J connectivity index is 2.91. The zero-order valence-corrected chi connectivity index (χ0v) is 10.2. The van der Waals surface area contributed by atoms with Gasteiger partial charge in [0.15, 0.2) is 0 Å². The molecule has 1 unspecified atom stereocenters. The molecule has 3 nitrogen and oxygen atoms in total. The molecule has 1 atom stereocenters. The largest absolute Gasteiger partial charge is 0.496 e. The molecule has 0 amide bonds. The van der Waals surface area contributed by atoms with Crippen LogP contribution in [-0.4, -0.2) is 23.9 Å². The van der Waals surface area contributed by atoms with Crippen molar-refractivity contribution >= 4 is 0 Å². The molecular weight excluding hydrogens is 204 g/mol. The lowest BCUT2D eigenvalue weighted by atomic mass is 9.90. The number of methoxy groups -OCH3 is 1. The summed E-state index contributed by atoms with van der Waals surface area (Å²) in [6.07, 6.45) is 1.15. The highest BCUT2D eigenvalue weighted by Gasteiger charge is 2.22. The van der Waals surface area contributed by atoms with Gasteiger partial charge in [-0.1, -0.05) is 6.07 Å². The Morgan fingerprint density at radius 3 is 2.56 bits per heavy atom. The Kier molecular flexibility index (Phi) is 4.33. The number of aryl methyl sites for hydroxylation is 1. The van der Waals surface area contributed by atoms with E-state index in [9.17, 15) is 5.11 Å². The van der Waals surface area contributed by atoms with Crippen molar-refractivity contribution < 1.29 is 14.9 Å². The molecule has 0 bridgehead atoms. The minimum Gasteiger partial charge on any atom is -0.496 e. The summed E-state index contributed by atoms with van der Waals surface area (Å²) in [4.78, 5) is 0. The average molecular weight is 224 g/mol. The summed E-state index contributed by atoms with van der Waals surface area (Å²) in [7, 11) is 1.63. The second-order valence-corrected chi connectivity index (χ2v) is 4.29. The molecule has 0 saturated carbocycles. The van der Waals surface area contributed by atoms with Crippen LogP contribution in [0.5, 0.6) is 5.75 Å². The highest BCUT2D eigenvalue weighted by molar-refractivity contribution is 5.38. The highest BCUT2D eigenvalue weighted by Crippen LogP contribution is 2.29. The van der Waals surface area contributed by atoms with Crippen LogP contribution in [0.15, 0.2) is 18.2 Å². The summed E-state index contributed by atoms with van der Waals surface area (Å²) in [6.45, 7) is 3.82. The molecule has 1 aromatic rings. The summed E-state index contributed by atoms with van der Waals surface area (Å²) < 4.78 is 5.17. The number of aliphatic hydroxyl groups excluding tert-OH is 1. The third kappa shape index (κ3) is 2.97. The Morgan fingerprint density at radius 1 is 1.38 bits per heavy atom. The van der Waals surface area contributed by atoms with Crippen LogP contribution >= 0.6 is 0 Å². The smallest absolute Gasteiger partial charge is 0.121 e. The fourth-order valence-electron chi connectivity index (χ4n) is 1.78. The van der Waals surface area contributed by atoms with Crippen LogP contribution in [0.3, 0.4) is 0 Å². The molecule has 0 aliphatic carbocycles. The summed E-state index contributed by atoms with van der Waals surface area (Å²) in [5.74, 6) is 0.821. The van der Waals surface area contributed by atoms with Gasteiger partial charge in [-0.25, -0.2) is 0 Å². The van der Waals surface area contributed by atoms with Crippen molar-refractivity contribution in [2.75, 3.05) is 13.7 Å². The van der Waals surface area contributed by atoms with E-state index in [1.165, 1.54) is 0 Å². The molecule has 0 spiro atoms. The Hall–Kier alpha value is -1.06. The number of aliphatic hydroxyl groups is 2. The van der Waals surface area contributed by atoms with Crippen molar-refractivity contribution in [2.24, 2.45) is 0 Å². The van der Waals surface area contributed by atoms with E-state index in [1.807, 2.05) is 25.1 Å².